The molecule has 38 heavy (non-hydrogen) atoms. The van der Waals surface area contributed by atoms with Crippen molar-refractivity contribution in [3.8, 4) is 17.3 Å². The Bertz CT molecular complexity index is 1750. The second kappa shape index (κ2) is 9.49. The Morgan fingerprint density at radius 2 is 1.89 bits per heavy atom. The van der Waals surface area contributed by atoms with Crippen LogP contribution in [-0.4, -0.2) is 35.2 Å². The molecular weight excluding hydrogens is 514 g/mol. The lowest BCUT2D eigenvalue weighted by atomic mass is 10.0. The van der Waals surface area contributed by atoms with Crippen LogP contribution in [0.15, 0.2) is 60.4 Å². The maximum absolute atomic E-state index is 14.4. The molecule has 0 spiro atoms. The number of nitrogen functional groups attached to an aromatic ring is 1. The van der Waals surface area contributed by atoms with E-state index in [0.717, 1.165) is 6.26 Å². The number of pyridine rings is 1. The molecule has 1 aliphatic rings. The minimum atomic E-state index is -3.42. The number of allylic oxidation sites excluding steroid dienone is 1. The lowest BCUT2D eigenvalue weighted by Gasteiger charge is -2.11. The van der Waals surface area contributed by atoms with E-state index in [1.54, 1.807) is 31.2 Å². The molecule has 2 aromatic carbocycles. The molecule has 4 aromatic rings. The molecule has 0 fully saturated rings. The van der Waals surface area contributed by atoms with Gasteiger partial charge in [0.2, 0.25) is 5.88 Å². The molecule has 0 unspecified atom stereocenters. The molecule has 11 heteroatoms. The van der Waals surface area contributed by atoms with Crippen molar-refractivity contribution >= 4 is 27.5 Å². The number of para-hydroxylation sites is 1. The molecule has 5 rings (SSSR count). The Morgan fingerprint density at radius 3 is 2.61 bits per heavy atom. The molecule has 0 bridgehead atoms. The number of aryl methyl sites for hydroxylation is 1. The quantitative estimate of drug-likeness (QED) is 0.343. The van der Waals surface area contributed by atoms with E-state index in [2.05, 4.69) is 10.1 Å². The Balaban J connectivity index is 1.38. The lowest BCUT2D eigenvalue weighted by Crippen LogP contribution is -2.09. The molecule has 2 N–H and O–H groups in total. The number of hydrogen-bond acceptors (Lipinski definition) is 7. The monoisotopic (exact) mass is 536 g/mol. The average Bonchev–Trinajstić information content (AvgIpc) is 3.43. The van der Waals surface area contributed by atoms with E-state index in [1.165, 1.54) is 41.3 Å². The van der Waals surface area contributed by atoms with E-state index in [4.69, 9.17) is 10.5 Å². The zero-order valence-corrected chi connectivity index (χ0v) is 21.2. The Labute approximate surface area is 217 Å². The second-order valence-corrected chi connectivity index (χ2v) is 11.2. The predicted molar refractivity (Wildman–Crippen MR) is 138 cm³/mol. The van der Waals surface area contributed by atoms with Crippen LogP contribution in [0.3, 0.4) is 0 Å². The number of aromatic nitrogens is 3. The number of fused-ring (bicyclic) bond motifs is 1. The molecule has 0 saturated heterocycles. The predicted octanol–water partition coefficient (Wildman–Crippen LogP) is 4.60. The summed E-state index contributed by atoms with van der Waals surface area (Å²) in [6.45, 7) is 1.77. The SMILES string of the molecule is Cc1cc(Oc2ccccc2F)ncc1-n1ncc(C(=O)C2=Cc3cc(F)c(CS(C)(=O)=O)cc3C2)c1N. The Morgan fingerprint density at radius 1 is 1.13 bits per heavy atom. The van der Waals surface area contributed by atoms with Gasteiger partial charge < -0.3 is 10.5 Å². The number of Topliss-reactive ketones (excluding diaryl/α,β-unsaturated/α-hetero) is 1. The molecule has 0 aliphatic heterocycles. The van der Waals surface area contributed by atoms with Crippen LogP contribution in [0.4, 0.5) is 14.6 Å². The first kappa shape index (κ1) is 25.3. The summed E-state index contributed by atoms with van der Waals surface area (Å²) >= 11 is 0. The van der Waals surface area contributed by atoms with Crippen LogP contribution in [-0.2, 0) is 22.0 Å². The van der Waals surface area contributed by atoms with Gasteiger partial charge in [-0.05, 0) is 47.9 Å². The van der Waals surface area contributed by atoms with E-state index < -0.39 is 27.2 Å². The number of hydrogen-bond donors (Lipinski definition) is 1. The fourth-order valence-electron chi connectivity index (χ4n) is 4.29. The van der Waals surface area contributed by atoms with E-state index in [9.17, 15) is 22.0 Å². The molecule has 8 nitrogen and oxygen atoms in total. The number of rotatable bonds is 7. The van der Waals surface area contributed by atoms with Gasteiger partial charge in [0, 0.05) is 29.9 Å². The summed E-state index contributed by atoms with van der Waals surface area (Å²) in [5.74, 6) is -1.66. The minimum absolute atomic E-state index is 0.0350. The largest absolute Gasteiger partial charge is 0.436 e. The number of carbonyl (C=O) groups is 1. The van der Waals surface area contributed by atoms with E-state index in [-0.39, 0.29) is 40.8 Å². The zero-order valence-electron chi connectivity index (χ0n) is 20.4. The third kappa shape index (κ3) is 4.92. The number of anilines is 1. The maximum atomic E-state index is 14.4. The normalized spacial score (nSPS) is 12.8. The molecule has 2 heterocycles. The van der Waals surface area contributed by atoms with Crippen molar-refractivity contribution in [2.75, 3.05) is 12.0 Å². The summed E-state index contributed by atoms with van der Waals surface area (Å²) in [6.07, 6.45) is 5.62. The first-order chi connectivity index (χ1) is 18.0. The van der Waals surface area contributed by atoms with Crippen LogP contribution in [0, 0.1) is 18.6 Å². The molecular formula is C27H22F2N4O4S. The first-order valence-electron chi connectivity index (χ1n) is 11.5. The first-order valence-corrected chi connectivity index (χ1v) is 13.5. The van der Waals surface area contributed by atoms with Crippen molar-refractivity contribution in [2.24, 2.45) is 0 Å². The third-order valence-corrected chi connectivity index (χ3v) is 6.95. The number of ether oxygens (including phenoxy) is 1. The zero-order chi connectivity index (χ0) is 27.2. The Kier molecular flexibility index (Phi) is 6.31. The molecule has 2 aromatic heterocycles. The highest BCUT2D eigenvalue weighted by Crippen LogP contribution is 2.32. The van der Waals surface area contributed by atoms with Crippen molar-refractivity contribution in [3.63, 3.8) is 0 Å². The van der Waals surface area contributed by atoms with Crippen LogP contribution in [0.5, 0.6) is 11.6 Å². The lowest BCUT2D eigenvalue weighted by molar-refractivity contribution is 0.103. The van der Waals surface area contributed by atoms with Crippen LogP contribution in [0.1, 0.15) is 32.6 Å². The summed E-state index contributed by atoms with van der Waals surface area (Å²) in [6, 6.07) is 10.3. The van der Waals surface area contributed by atoms with Crippen molar-refractivity contribution < 1.29 is 26.7 Å². The third-order valence-electron chi connectivity index (χ3n) is 6.12. The van der Waals surface area contributed by atoms with E-state index >= 15 is 0 Å². The number of benzene rings is 2. The molecule has 194 valence electrons. The second-order valence-electron chi connectivity index (χ2n) is 9.08. The standard InChI is InChI=1S/C27H22F2N4O4S/c1-15-7-25(37-24-6-4-3-5-21(24)28)31-13-23(15)33-27(30)20(12-32-33)26(34)18-8-16-10-19(14-38(2,35)36)22(29)11-17(16)9-18/h3-7,9-13H,8,14,30H2,1-2H3. The Hall–Kier alpha value is -4.38. The molecule has 1 aliphatic carbocycles. The van der Waals surface area contributed by atoms with Crippen LogP contribution >= 0.6 is 0 Å². The van der Waals surface area contributed by atoms with E-state index in [1.807, 2.05) is 0 Å². The summed E-state index contributed by atoms with van der Waals surface area (Å²) in [5, 5.41) is 4.26. The minimum Gasteiger partial charge on any atom is -0.436 e. The number of sulfone groups is 1. The van der Waals surface area contributed by atoms with Gasteiger partial charge in [-0.15, -0.1) is 0 Å². The van der Waals surface area contributed by atoms with Crippen LogP contribution < -0.4 is 10.5 Å². The fraction of sp³-hybridized carbons (Fsp3) is 0.148. The number of carbonyl (C=O) groups excluding carboxylic acids is 1. The fourth-order valence-corrected chi connectivity index (χ4v) is 5.08. The summed E-state index contributed by atoms with van der Waals surface area (Å²) < 4.78 is 58.5. The molecule has 0 amide bonds. The van der Waals surface area contributed by atoms with Gasteiger partial charge >= 0.3 is 0 Å². The smallest absolute Gasteiger partial charge is 0.219 e. The van der Waals surface area contributed by atoms with Crippen molar-refractivity contribution in [3.05, 3.63) is 99.9 Å². The van der Waals surface area contributed by atoms with Gasteiger partial charge in [0.1, 0.15) is 11.6 Å². The van der Waals surface area contributed by atoms with Gasteiger partial charge in [-0.3, -0.25) is 4.79 Å². The number of halogens is 2. The van der Waals surface area contributed by atoms with E-state index in [0.29, 0.717) is 28.0 Å². The van der Waals surface area contributed by atoms with Crippen molar-refractivity contribution in [2.45, 2.75) is 19.1 Å². The number of nitrogens with two attached hydrogens (primary N) is 1. The summed E-state index contributed by atoms with van der Waals surface area (Å²) in [7, 11) is -3.42. The number of nitrogens with zero attached hydrogens (tertiary/aromatic N) is 3. The molecule has 0 radical (unpaired) electrons. The van der Waals surface area contributed by atoms with Gasteiger partial charge in [-0.25, -0.2) is 26.9 Å². The van der Waals surface area contributed by atoms with Gasteiger partial charge in [0.05, 0.1) is 29.4 Å². The van der Waals surface area contributed by atoms with Gasteiger partial charge in [-0.1, -0.05) is 18.2 Å². The highest BCUT2D eigenvalue weighted by Gasteiger charge is 2.26. The van der Waals surface area contributed by atoms with Crippen LogP contribution in [0.25, 0.3) is 11.8 Å². The topological polar surface area (TPSA) is 117 Å². The van der Waals surface area contributed by atoms with Crippen molar-refractivity contribution in [1.82, 2.24) is 14.8 Å². The van der Waals surface area contributed by atoms with Crippen LogP contribution in [0.2, 0.25) is 0 Å². The van der Waals surface area contributed by atoms with Gasteiger partial charge in [-0.2, -0.15) is 5.10 Å². The van der Waals surface area contributed by atoms with Crippen molar-refractivity contribution in [1.29, 1.82) is 0 Å². The number of ketones is 1. The summed E-state index contributed by atoms with van der Waals surface area (Å²) in [5.41, 5.74) is 9.23. The maximum Gasteiger partial charge on any atom is 0.219 e. The summed E-state index contributed by atoms with van der Waals surface area (Å²) in [4.78, 5) is 17.5. The molecule has 0 atom stereocenters. The average molecular weight is 537 g/mol. The van der Waals surface area contributed by atoms with Gasteiger partial charge in [0.15, 0.2) is 27.2 Å². The highest BCUT2D eigenvalue weighted by molar-refractivity contribution is 7.89. The molecule has 0 saturated carbocycles. The van der Waals surface area contributed by atoms with Gasteiger partial charge in [0.25, 0.3) is 0 Å². The highest BCUT2D eigenvalue weighted by atomic mass is 32.2.